The number of esters is 1. The molecule has 1 amide bonds. The Labute approximate surface area is 137 Å². The van der Waals surface area contributed by atoms with Crippen LogP contribution in [0.1, 0.15) is 44.2 Å². The number of hydrogen-bond acceptors (Lipinski definition) is 6. The van der Waals surface area contributed by atoms with Crippen molar-refractivity contribution in [2.75, 3.05) is 13.2 Å². The van der Waals surface area contributed by atoms with E-state index in [4.69, 9.17) is 4.74 Å². The summed E-state index contributed by atoms with van der Waals surface area (Å²) in [5.74, 6) is -0.554. The van der Waals surface area contributed by atoms with E-state index in [0.717, 1.165) is 16.3 Å². The molecular formula is C15H18N4O3S. The fourth-order valence-corrected chi connectivity index (χ4v) is 3.34. The van der Waals surface area contributed by atoms with Crippen LogP contribution in [0.4, 0.5) is 0 Å². The number of rotatable bonds is 3. The van der Waals surface area contributed by atoms with Crippen LogP contribution in [0.3, 0.4) is 0 Å². The molecule has 1 aliphatic heterocycles. The lowest BCUT2D eigenvalue weighted by Crippen LogP contribution is -2.36. The van der Waals surface area contributed by atoms with Crippen LogP contribution in [-0.2, 0) is 24.8 Å². The first-order valence-electron chi connectivity index (χ1n) is 7.44. The molecule has 0 N–H and O–H groups in total. The number of carbonyl (C=O) groups excluding carboxylic acids is 2. The Hall–Kier alpha value is -2.22. The number of nitrogens with zero attached hydrogens (tertiary/aromatic N) is 4. The van der Waals surface area contributed by atoms with E-state index in [-0.39, 0.29) is 5.91 Å². The summed E-state index contributed by atoms with van der Waals surface area (Å²) in [6.07, 6.45) is 0.660. The molecule has 0 radical (unpaired) electrons. The van der Waals surface area contributed by atoms with Crippen LogP contribution in [-0.4, -0.2) is 44.7 Å². The second kappa shape index (κ2) is 6.11. The van der Waals surface area contributed by atoms with Gasteiger partial charge in [0.05, 0.1) is 18.2 Å². The first-order chi connectivity index (χ1) is 11.0. The molecule has 122 valence electrons. The molecule has 0 aromatic carbocycles. The Balaban J connectivity index is 1.87. The maximum absolute atomic E-state index is 12.6. The van der Waals surface area contributed by atoms with Crippen LogP contribution >= 0.6 is 11.3 Å². The predicted molar refractivity (Wildman–Crippen MR) is 84.5 cm³/mol. The van der Waals surface area contributed by atoms with E-state index in [1.165, 1.54) is 11.3 Å². The fraction of sp³-hybridized carbons (Fsp3) is 0.467. The summed E-state index contributed by atoms with van der Waals surface area (Å²) in [5, 5.41) is 6.90. The van der Waals surface area contributed by atoms with Crippen molar-refractivity contribution in [3.63, 3.8) is 0 Å². The van der Waals surface area contributed by atoms with E-state index >= 15 is 0 Å². The van der Waals surface area contributed by atoms with Crippen molar-refractivity contribution >= 4 is 23.2 Å². The zero-order valence-electron chi connectivity index (χ0n) is 13.3. The number of ether oxygens (including phenoxy) is 1. The average molecular weight is 334 g/mol. The van der Waals surface area contributed by atoms with Crippen molar-refractivity contribution in [1.82, 2.24) is 19.7 Å². The van der Waals surface area contributed by atoms with Gasteiger partial charge in [-0.25, -0.2) is 9.78 Å². The summed E-state index contributed by atoms with van der Waals surface area (Å²) in [6.45, 7) is 4.87. The standard InChI is InChI=1S/C15H18N4O3S/c1-4-22-15(21)13-10-7-19(6-5-12(10)18(3)17-13)14(20)11-8-23-9(2)16-11/h8H,4-7H2,1-3H3. The zero-order chi connectivity index (χ0) is 16.6. The maximum Gasteiger partial charge on any atom is 0.359 e. The Kier molecular flexibility index (Phi) is 4.16. The summed E-state index contributed by atoms with van der Waals surface area (Å²) in [5.41, 5.74) is 2.51. The summed E-state index contributed by atoms with van der Waals surface area (Å²) in [7, 11) is 1.81. The molecule has 0 aliphatic carbocycles. The van der Waals surface area contributed by atoms with Crippen molar-refractivity contribution in [2.45, 2.75) is 26.8 Å². The lowest BCUT2D eigenvalue weighted by molar-refractivity contribution is 0.0513. The predicted octanol–water partition coefficient (Wildman–Crippen LogP) is 1.56. The molecule has 2 aromatic rings. The van der Waals surface area contributed by atoms with Crippen LogP contribution in [0.15, 0.2) is 5.38 Å². The van der Waals surface area contributed by atoms with Gasteiger partial charge in [0.2, 0.25) is 0 Å². The van der Waals surface area contributed by atoms with E-state index in [1.807, 2.05) is 14.0 Å². The molecule has 0 saturated carbocycles. The third-order valence-corrected chi connectivity index (χ3v) is 4.61. The zero-order valence-corrected chi connectivity index (χ0v) is 14.1. The Morgan fingerprint density at radius 3 is 2.87 bits per heavy atom. The van der Waals surface area contributed by atoms with Gasteiger partial charge in [-0.3, -0.25) is 9.48 Å². The summed E-state index contributed by atoms with van der Waals surface area (Å²) in [6, 6.07) is 0. The van der Waals surface area contributed by atoms with Gasteiger partial charge in [0.15, 0.2) is 5.69 Å². The number of aromatic nitrogens is 3. The number of carbonyl (C=O) groups is 2. The van der Waals surface area contributed by atoms with Crippen molar-refractivity contribution in [3.8, 4) is 0 Å². The monoisotopic (exact) mass is 334 g/mol. The highest BCUT2D eigenvalue weighted by Crippen LogP contribution is 2.24. The third kappa shape index (κ3) is 2.86. The lowest BCUT2D eigenvalue weighted by Gasteiger charge is -2.26. The SMILES string of the molecule is CCOC(=O)c1nn(C)c2c1CN(C(=O)c1csc(C)n1)CC2. The number of aryl methyl sites for hydroxylation is 2. The highest BCUT2D eigenvalue weighted by molar-refractivity contribution is 7.09. The molecule has 7 nitrogen and oxygen atoms in total. The molecule has 0 bridgehead atoms. The van der Waals surface area contributed by atoms with E-state index in [2.05, 4.69) is 10.1 Å². The largest absolute Gasteiger partial charge is 0.461 e. The molecule has 3 rings (SSSR count). The van der Waals surface area contributed by atoms with E-state index in [1.54, 1.807) is 21.9 Å². The van der Waals surface area contributed by atoms with Gasteiger partial charge >= 0.3 is 5.97 Å². The van der Waals surface area contributed by atoms with Crippen molar-refractivity contribution < 1.29 is 14.3 Å². The maximum atomic E-state index is 12.6. The molecule has 2 aromatic heterocycles. The molecule has 0 spiro atoms. The Bertz CT molecular complexity index is 765. The average Bonchev–Trinajstić information content (AvgIpc) is 3.11. The topological polar surface area (TPSA) is 77.3 Å². The Morgan fingerprint density at radius 2 is 2.22 bits per heavy atom. The number of fused-ring (bicyclic) bond motifs is 1. The summed E-state index contributed by atoms with van der Waals surface area (Å²) in [4.78, 5) is 30.6. The highest BCUT2D eigenvalue weighted by atomic mass is 32.1. The van der Waals surface area contributed by atoms with Crippen LogP contribution in [0, 0.1) is 6.92 Å². The van der Waals surface area contributed by atoms with Gasteiger partial charge in [0, 0.05) is 36.7 Å². The number of amides is 1. The van der Waals surface area contributed by atoms with E-state index < -0.39 is 5.97 Å². The van der Waals surface area contributed by atoms with Crippen molar-refractivity contribution in [3.05, 3.63) is 33.0 Å². The van der Waals surface area contributed by atoms with Gasteiger partial charge in [-0.1, -0.05) is 0 Å². The molecule has 0 unspecified atom stereocenters. The lowest BCUT2D eigenvalue weighted by atomic mass is 10.0. The minimum absolute atomic E-state index is 0.112. The van der Waals surface area contributed by atoms with Gasteiger partial charge in [0.1, 0.15) is 5.69 Å². The molecule has 3 heterocycles. The molecular weight excluding hydrogens is 316 g/mol. The summed E-state index contributed by atoms with van der Waals surface area (Å²) >= 11 is 1.45. The first-order valence-corrected chi connectivity index (χ1v) is 8.32. The summed E-state index contributed by atoms with van der Waals surface area (Å²) < 4.78 is 6.77. The van der Waals surface area contributed by atoms with Gasteiger partial charge < -0.3 is 9.64 Å². The second-order valence-electron chi connectivity index (χ2n) is 5.35. The molecule has 0 atom stereocenters. The van der Waals surface area contributed by atoms with Gasteiger partial charge in [0.25, 0.3) is 5.91 Å². The minimum Gasteiger partial charge on any atom is -0.461 e. The van der Waals surface area contributed by atoms with Gasteiger partial charge in [-0.05, 0) is 13.8 Å². The molecule has 1 aliphatic rings. The molecule has 0 saturated heterocycles. The third-order valence-electron chi connectivity index (χ3n) is 3.84. The first kappa shape index (κ1) is 15.7. The second-order valence-corrected chi connectivity index (χ2v) is 6.41. The Morgan fingerprint density at radius 1 is 1.43 bits per heavy atom. The van der Waals surface area contributed by atoms with Crippen LogP contribution in [0.2, 0.25) is 0 Å². The van der Waals surface area contributed by atoms with E-state index in [9.17, 15) is 9.59 Å². The van der Waals surface area contributed by atoms with Crippen molar-refractivity contribution in [2.24, 2.45) is 7.05 Å². The number of thiazole rings is 1. The van der Waals surface area contributed by atoms with Crippen LogP contribution < -0.4 is 0 Å². The van der Waals surface area contributed by atoms with Crippen molar-refractivity contribution in [1.29, 1.82) is 0 Å². The van der Waals surface area contributed by atoms with Crippen LogP contribution in [0.25, 0.3) is 0 Å². The van der Waals surface area contributed by atoms with Gasteiger partial charge in [-0.2, -0.15) is 5.10 Å². The van der Waals surface area contributed by atoms with Crippen LogP contribution in [0.5, 0.6) is 0 Å². The molecule has 8 heteroatoms. The quantitative estimate of drug-likeness (QED) is 0.796. The van der Waals surface area contributed by atoms with Gasteiger partial charge in [-0.15, -0.1) is 11.3 Å². The highest BCUT2D eigenvalue weighted by Gasteiger charge is 2.30. The normalized spacial score (nSPS) is 13.8. The minimum atomic E-state index is -0.442. The smallest absolute Gasteiger partial charge is 0.359 e. The molecule has 0 fully saturated rings. The number of hydrogen-bond donors (Lipinski definition) is 0. The molecule has 23 heavy (non-hydrogen) atoms. The van der Waals surface area contributed by atoms with E-state index in [0.29, 0.717) is 37.5 Å². The fourth-order valence-electron chi connectivity index (χ4n) is 2.75.